The monoisotopic (exact) mass is 366 g/mol. The van der Waals surface area contributed by atoms with Crippen LogP contribution in [0.5, 0.6) is 0 Å². The van der Waals surface area contributed by atoms with Crippen molar-refractivity contribution >= 4 is 38.9 Å². The summed E-state index contributed by atoms with van der Waals surface area (Å²) in [5, 5.41) is 2.83. The van der Waals surface area contributed by atoms with E-state index in [1.165, 1.54) is 19.2 Å². The van der Waals surface area contributed by atoms with Gasteiger partial charge in [0.2, 0.25) is 5.91 Å². The van der Waals surface area contributed by atoms with Gasteiger partial charge in [-0.15, -0.1) is 11.3 Å². The largest absolute Gasteiger partial charge is 0.353 e. The highest BCUT2D eigenvalue weighted by atomic mass is 35.5. The Morgan fingerprint density at radius 3 is 2.45 bits per heavy atom. The molecule has 22 heavy (non-hydrogen) atoms. The molecule has 0 aliphatic heterocycles. The summed E-state index contributed by atoms with van der Waals surface area (Å²) in [4.78, 5) is 12.0. The zero-order valence-corrected chi connectivity index (χ0v) is 15.7. The van der Waals surface area contributed by atoms with Gasteiger partial charge in [-0.3, -0.25) is 4.79 Å². The minimum atomic E-state index is -3.67. The molecule has 1 unspecified atom stereocenters. The van der Waals surface area contributed by atoms with Crippen LogP contribution in [0.15, 0.2) is 16.3 Å². The lowest BCUT2D eigenvalue weighted by molar-refractivity contribution is -0.121. The lowest BCUT2D eigenvalue weighted by Crippen LogP contribution is -2.41. The number of rotatable bonds is 8. The number of likely N-dealkylation sites (N-methyl/N-ethyl adjacent to an activating group) is 1. The Hall–Kier alpha value is -0.630. The van der Waals surface area contributed by atoms with E-state index in [4.69, 9.17) is 11.6 Å². The molecule has 0 spiro atoms. The molecule has 1 aromatic rings. The highest BCUT2D eigenvalue weighted by Crippen LogP contribution is 2.27. The van der Waals surface area contributed by atoms with Crippen LogP contribution >= 0.6 is 22.9 Å². The summed E-state index contributed by atoms with van der Waals surface area (Å²) in [5.41, 5.74) is 0. The molecule has 1 rings (SSSR count). The summed E-state index contributed by atoms with van der Waals surface area (Å²) in [6.45, 7) is 5.97. The SMILES string of the molecule is CC(C)CCC(C)NC(=O)CN(C)S(=O)(=O)c1ccc(Cl)s1. The molecule has 0 aromatic carbocycles. The molecule has 8 heteroatoms. The average molecular weight is 367 g/mol. The fourth-order valence-electron chi connectivity index (χ4n) is 1.85. The predicted octanol–water partition coefficient (Wildman–Crippen LogP) is 2.96. The second-order valence-electron chi connectivity index (χ2n) is 5.76. The van der Waals surface area contributed by atoms with Crippen LogP contribution in [-0.4, -0.2) is 38.3 Å². The first-order valence-electron chi connectivity index (χ1n) is 7.14. The van der Waals surface area contributed by atoms with Gasteiger partial charge in [0.1, 0.15) is 4.21 Å². The van der Waals surface area contributed by atoms with Gasteiger partial charge in [-0.1, -0.05) is 25.4 Å². The maximum absolute atomic E-state index is 12.3. The molecule has 1 N–H and O–H groups in total. The Bertz CT molecular complexity index is 599. The van der Waals surface area contributed by atoms with Gasteiger partial charge >= 0.3 is 0 Å². The highest BCUT2D eigenvalue weighted by Gasteiger charge is 2.25. The van der Waals surface area contributed by atoms with Gasteiger partial charge in [0.05, 0.1) is 10.9 Å². The van der Waals surface area contributed by atoms with Crippen molar-refractivity contribution < 1.29 is 13.2 Å². The van der Waals surface area contributed by atoms with Crippen molar-refractivity contribution in [2.75, 3.05) is 13.6 Å². The summed E-state index contributed by atoms with van der Waals surface area (Å²) < 4.78 is 26.1. The predicted molar refractivity (Wildman–Crippen MR) is 90.8 cm³/mol. The molecular formula is C14H23ClN2O3S2. The van der Waals surface area contributed by atoms with E-state index in [2.05, 4.69) is 19.2 Å². The van der Waals surface area contributed by atoms with E-state index in [-0.39, 0.29) is 22.7 Å². The summed E-state index contributed by atoms with van der Waals surface area (Å²) >= 11 is 6.74. The molecule has 1 heterocycles. The van der Waals surface area contributed by atoms with Crippen molar-refractivity contribution in [3.05, 3.63) is 16.5 Å². The molecule has 0 aliphatic carbocycles. The Kier molecular flexibility index (Phi) is 7.31. The van der Waals surface area contributed by atoms with E-state index in [0.29, 0.717) is 10.3 Å². The number of hydrogen-bond acceptors (Lipinski definition) is 4. The lowest BCUT2D eigenvalue weighted by atomic mass is 10.0. The van der Waals surface area contributed by atoms with E-state index < -0.39 is 10.0 Å². The van der Waals surface area contributed by atoms with Crippen LogP contribution < -0.4 is 5.32 Å². The quantitative estimate of drug-likeness (QED) is 0.769. The highest BCUT2D eigenvalue weighted by molar-refractivity contribution is 7.91. The van der Waals surface area contributed by atoms with E-state index in [0.717, 1.165) is 28.5 Å². The Balaban J connectivity index is 2.57. The van der Waals surface area contributed by atoms with E-state index in [1.807, 2.05) is 6.92 Å². The first-order chi connectivity index (χ1) is 10.1. The maximum Gasteiger partial charge on any atom is 0.252 e. The van der Waals surface area contributed by atoms with Crippen molar-refractivity contribution in [3.8, 4) is 0 Å². The van der Waals surface area contributed by atoms with Crippen molar-refractivity contribution in [2.45, 2.75) is 43.9 Å². The number of halogens is 1. The third kappa shape index (κ3) is 5.87. The molecular weight excluding hydrogens is 344 g/mol. The first kappa shape index (κ1) is 19.4. The third-order valence-electron chi connectivity index (χ3n) is 3.16. The zero-order chi connectivity index (χ0) is 16.9. The van der Waals surface area contributed by atoms with Crippen LogP contribution in [0.1, 0.15) is 33.6 Å². The number of hydrogen-bond donors (Lipinski definition) is 1. The van der Waals surface area contributed by atoms with E-state index in [1.54, 1.807) is 0 Å². The summed E-state index contributed by atoms with van der Waals surface area (Å²) in [6, 6.07) is 3.01. The number of nitrogens with zero attached hydrogens (tertiary/aromatic N) is 1. The van der Waals surface area contributed by atoms with Crippen molar-refractivity contribution in [1.82, 2.24) is 9.62 Å². The first-order valence-corrected chi connectivity index (χ1v) is 9.77. The van der Waals surface area contributed by atoms with Crippen molar-refractivity contribution in [2.24, 2.45) is 5.92 Å². The minimum absolute atomic E-state index is 0.0298. The molecule has 1 atom stereocenters. The fourth-order valence-corrected chi connectivity index (χ4v) is 4.67. The fraction of sp³-hybridized carbons (Fsp3) is 0.643. The maximum atomic E-state index is 12.3. The normalized spacial score (nSPS) is 13.6. The van der Waals surface area contributed by atoms with Crippen molar-refractivity contribution in [1.29, 1.82) is 0 Å². The van der Waals surface area contributed by atoms with Gasteiger partial charge in [0.15, 0.2) is 0 Å². The number of thiophene rings is 1. The molecule has 0 radical (unpaired) electrons. The third-order valence-corrected chi connectivity index (χ3v) is 6.67. The van der Waals surface area contributed by atoms with E-state index >= 15 is 0 Å². The van der Waals surface area contributed by atoms with Gasteiger partial charge in [-0.25, -0.2) is 8.42 Å². The number of carbonyl (C=O) groups is 1. The smallest absolute Gasteiger partial charge is 0.252 e. The number of amides is 1. The summed E-state index contributed by atoms with van der Waals surface area (Å²) in [7, 11) is -2.28. The van der Waals surface area contributed by atoms with Gasteiger partial charge < -0.3 is 5.32 Å². The standard InChI is InChI=1S/C14H23ClN2O3S2/c1-10(2)5-6-11(3)16-13(18)9-17(4)22(19,20)14-8-7-12(15)21-14/h7-8,10-11H,5-6,9H2,1-4H3,(H,16,18). The molecule has 0 fully saturated rings. The average Bonchev–Trinajstić information content (AvgIpc) is 2.83. The van der Waals surface area contributed by atoms with Gasteiger partial charge in [-0.2, -0.15) is 4.31 Å². The molecule has 126 valence electrons. The molecule has 1 aromatic heterocycles. The second kappa shape index (κ2) is 8.29. The van der Waals surface area contributed by atoms with Gasteiger partial charge in [-0.05, 0) is 37.8 Å². The van der Waals surface area contributed by atoms with Gasteiger partial charge in [0.25, 0.3) is 10.0 Å². The van der Waals surface area contributed by atoms with Crippen LogP contribution in [0.25, 0.3) is 0 Å². The molecule has 5 nitrogen and oxygen atoms in total. The Labute approximate surface area is 141 Å². The van der Waals surface area contributed by atoms with Crippen LogP contribution in [0.4, 0.5) is 0 Å². The van der Waals surface area contributed by atoms with Crippen LogP contribution in [-0.2, 0) is 14.8 Å². The van der Waals surface area contributed by atoms with Crippen molar-refractivity contribution in [3.63, 3.8) is 0 Å². The summed E-state index contributed by atoms with van der Waals surface area (Å²) in [5.74, 6) is 0.274. The van der Waals surface area contributed by atoms with Crippen LogP contribution in [0.2, 0.25) is 4.34 Å². The number of carbonyl (C=O) groups excluding carboxylic acids is 1. The van der Waals surface area contributed by atoms with E-state index in [9.17, 15) is 13.2 Å². The molecule has 0 bridgehead atoms. The molecule has 0 saturated heterocycles. The molecule has 1 amide bonds. The van der Waals surface area contributed by atoms with Gasteiger partial charge in [0, 0.05) is 13.1 Å². The summed E-state index contributed by atoms with van der Waals surface area (Å²) in [6.07, 6.45) is 1.89. The number of sulfonamides is 1. The topological polar surface area (TPSA) is 66.5 Å². The Morgan fingerprint density at radius 2 is 1.95 bits per heavy atom. The second-order valence-corrected chi connectivity index (χ2v) is 9.75. The zero-order valence-electron chi connectivity index (χ0n) is 13.3. The lowest BCUT2D eigenvalue weighted by Gasteiger charge is -2.19. The molecule has 0 aliphatic rings. The number of nitrogens with one attached hydrogen (secondary N) is 1. The molecule has 0 saturated carbocycles. The minimum Gasteiger partial charge on any atom is -0.353 e. The van der Waals surface area contributed by atoms with Crippen LogP contribution in [0, 0.1) is 5.92 Å². The Morgan fingerprint density at radius 1 is 1.32 bits per heavy atom. The van der Waals surface area contributed by atoms with Crippen LogP contribution in [0.3, 0.4) is 0 Å².